The van der Waals surface area contributed by atoms with Gasteiger partial charge in [0.25, 0.3) is 0 Å². The molecular formula is C14H20ClNO. The molecule has 17 heavy (non-hydrogen) atoms. The first-order valence-electron chi connectivity index (χ1n) is 6.21. The van der Waals surface area contributed by atoms with Crippen LogP contribution in [0.3, 0.4) is 0 Å². The van der Waals surface area contributed by atoms with Crippen LogP contribution in [0.1, 0.15) is 43.2 Å². The minimum Gasteiger partial charge on any atom is -0.496 e. The molecule has 2 nitrogen and oxygen atoms in total. The first-order valence-corrected chi connectivity index (χ1v) is 6.59. The highest BCUT2D eigenvalue weighted by Crippen LogP contribution is 2.37. The molecule has 0 bridgehead atoms. The molecule has 1 aliphatic rings. The van der Waals surface area contributed by atoms with Gasteiger partial charge in [0.2, 0.25) is 0 Å². The monoisotopic (exact) mass is 253 g/mol. The second kappa shape index (κ2) is 5.28. The molecule has 2 rings (SSSR count). The van der Waals surface area contributed by atoms with Crippen LogP contribution in [0.25, 0.3) is 0 Å². The lowest BCUT2D eigenvalue weighted by Gasteiger charge is -2.18. The van der Waals surface area contributed by atoms with Crippen molar-refractivity contribution in [1.82, 2.24) is 5.32 Å². The number of benzene rings is 1. The molecule has 1 aromatic rings. The molecule has 94 valence electrons. The predicted molar refractivity (Wildman–Crippen MR) is 72.3 cm³/mol. The van der Waals surface area contributed by atoms with Crippen LogP contribution >= 0.6 is 11.6 Å². The normalized spacial score (nSPS) is 19.9. The van der Waals surface area contributed by atoms with Crippen LogP contribution in [0, 0.1) is 0 Å². The van der Waals surface area contributed by atoms with Crippen molar-refractivity contribution in [2.45, 2.75) is 32.1 Å². The van der Waals surface area contributed by atoms with Crippen LogP contribution in [0.5, 0.6) is 5.75 Å². The summed E-state index contributed by atoms with van der Waals surface area (Å²) in [5.74, 6) is 1.88. The van der Waals surface area contributed by atoms with Gasteiger partial charge in [-0.25, -0.2) is 0 Å². The Morgan fingerprint density at radius 3 is 2.71 bits per heavy atom. The van der Waals surface area contributed by atoms with Crippen molar-refractivity contribution in [3.8, 4) is 5.75 Å². The highest BCUT2D eigenvalue weighted by molar-refractivity contribution is 6.31. The molecule has 1 N–H and O–H groups in total. The number of methoxy groups -OCH3 is 1. The molecule has 1 unspecified atom stereocenters. The molecule has 0 aliphatic carbocycles. The summed E-state index contributed by atoms with van der Waals surface area (Å²) in [5, 5.41) is 4.22. The van der Waals surface area contributed by atoms with E-state index in [1.807, 2.05) is 0 Å². The summed E-state index contributed by atoms with van der Waals surface area (Å²) in [6.45, 7) is 6.41. The Balaban J connectivity index is 2.40. The van der Waals surface area contributed by atoms with E-state index in [0.717, 1.165) is 29.4 Å². The molecule has 0 spiro atoms. The molecule has 1 fully saturated rings. The Hall–Kier alpha value is -0.730. The van der Waals surface area contributed by atoms with Gasteiger partial charge in [0.15, 0.2) is 0 Å². The van der Waals surface area contributed by atoms with Gasteiger partial charge < -0.3 is 10.1 Å². The fourth-order valence-electron chi connectivity index (χ4n) is 2.52. The zero-order valence-electron chi connectivity index (χ0n) is 10.7. The summed E-state index contributed by atoms with van der Waals surface area (Å²) < 4.78 is 5.48. The highest BCUT2D eigenvalue weighted by atomic mass is 35.5. The largest absolute Gasteiger partial charge is 0.496 e. The quantitative estimate of drug-likeness (QED) is 0.890. The number of nitrogens with one attached hydrogen (secondary N) is 1. The van der Waals surface area contributed by atoms with Gasteiger partial charge in [-0.05, 0) is 42.5 Å². The van der Waals surface area contributed by atoms with E-state index in [4.69, 9.17) is 16.3 Å². The van der Waals surface area contributed by atoms with Crippen LogP contribution in [-0.2, 0) is 0 Å². The van der Waals surface area contributed by atoms with Crippen LogP contribution in [0.4, 0.5) is 0 Å². The van der Waals surface area contributed by atoms with Crippen LogP contribution in [0.2, 0.25) is 5.02 Å². The Morgan fingerprint density at radius 2 is 2.18 bits per heavy atom. The van der Waals surface area contributed by atoms with E-state index in [1.165, 1.54) is 12.0 Å². The summed E-state index contributed by atoms with van der Waals surface area (Å²) in [5.41, 5.74) is 2.41. The van der Waals surface area contributed by atoms with Gasteiger partial charge in [-0.2, -0.15) is 0 Å². The lowest BCUT2D eigenvalue weighted by atomic mass is 9.93. The summed E-state index contributed by atoms with van der Waals surface area (Å²) >= 11 is 6.39. The number of halogens is 1. The van der Waals surface area contributed by atoms with Crippen LogP contribution in [0.15, 0.2) is 12.1 Å². The van der Waals surface area contributed by atoms with Gasteiger partial charge in [0.1, 0.15) is 5.75 Å². The molecule has 1 aliphatic heterocycles. The van der Waals surface area contributed by atoms with Crippen molar-refractivity contribution in [2.24, 2.45) is 0 Å². The van der Waals surface area contributed by atoms with Crippen molar-refractivity contribution in [3.63, 3.8) is 0 Å². The van der Waals surface area contributed by atoms with Gasteiger partial charge in [0.05, 0.1) is 7.11 Å². The molecule has 0 saturated carbocycles. The van der Waals surface area contributed by atoms with Crippen molar-refractivity contribution >= 4 is 11.6 Å². The van der Waals surface area contributed by atoms with Gasteiger partial charge in [-0.3, -0.25) is 0 Å². The lowest BCUT2D eigenvalue weighted by Crippen LogP contribution is -2.08. The van der Waals surface area contributed by atoms with Crippen molar-refractivity contribution in [1.29, 1.82) is 0 Å². The minimum atomic E-state index is 0.383. The molecule has 1 heterocycles. The van der Waals surface area contributed by atoms with E-state index in [-0.39, 0.29) is 0 Å². The lowest BCUT2D eigenvalue weighted by molar-refractivity contribution is 0.406. The molecule has 3 heteroatoms. The number of rotatable bonds is 3. The topological polar surface area (TPSA) is 21.3 Å². The number of hydrogen-bond donors (Lipinski definition) is 1. The first kappa shape index (κ1) is 12.7. The van der Waals surface area contributed by atoms with E-state index in [1.54, 1.807) is 7.11 Å². The zero-order chi connectivity index (χ0) is 12.4. The minimum absolute atomic E-state index is 0.383. The second-order valence-electron chi connectivity index (χ2n) is 4.96. The Morgan fingerprint density at radius 1 is 1.41 bits per heavy atom. The Labute approximate surface area is 108 Å². The standard InChI is InChI=1S/C14H20ClNO/c1-9(2)14-12(15)6-11(7-13(14)17-3)10-4-5-16-8-10/h6-7,9-10,16H,4-5,8H2,1-3H3. The van der Waals surface area contributed by atoms with Gasteiger partial charge in [-0.15, -0.1) is 0 Å². The van der Waals surface area contributed by atoms with Crippen molar-refractivity contribution < 1.29 is 4.74 Å². The Kier molecular flexibility index (Phi) is 3.95. The van der Waals surface area contributed by atoms with Crippen molar-refractivity contribution in [3.05, 3.63) is 28.3 Å². The van der Waals surface area contributed by atoms with E-state index in [0.29, 0.717) is 11.8 Å². The molecule has 0 radical (unpaired) electrons. The van der Waals surface area contributed by atoms with Gasteiger partial charge >= 0.3 is 0 Å². The third kappa shape index (κ3) is 2.58. The molecule has 1 atom stereocenters. The predicted octanol–water partition coefficient (Wildman–Crippen LogP) is 3.55. The van der Waals surface area contributed by atoms with E-state index in [2.05, 4.69) is 31.3 Å². The zero-order valence-corrected chi connectivity index (χ0v) is 11.5. The molecule has 0 aromatic heterocycles. The third-order valence-electron chi connectivity index (χ3n) is 3.44. The Bertz CT molecular complexity index is 397. The maximum atomic E-state index is 6.39. The SMILES string of the molecule is COc1cc(C2CCNC2)cc(Cl)c1C(C)C. The molecule has 1 aromatic carbocycles. The maximum absolute atomic E-state index is 6.39. The second-order valence-corrected chi connectivity index (χ2v) is 5.37. The fraction of sp³-hybridized carbons (Fsp3) is 0.571. The van der Waals surface area contributed by atoms with Crippen molar-refractivity contribution in [2.75, 3.05) is 20.2 Å². The number of hydrogen-bond acceptors (Lipinski definition) is 2. The molecule has 1 saturated heterocycles. The average Bonchev–Trinajstić information content (AvgIpc) is 2.80. The summed E-state index contributed by atoms with van der Waals surface area (Å²) in [6.07, 6.45) is 1.18. The summed E-state index contributed by atoms with van der Waals surface area (Å²) in [7, 11) is 1.72. The maximum Gasteiger partial charge on any atom is 0.124 e. The van der Waals surface area contributed by atoms with Gasteiger partial charge in [0, 0.05) is 17.1 Å². The highest BCUT2D eigenvalue weighted by Gasteiger charge is 2.20. The van der Waals surface area contributed by atoms with Gasteiger partial charge in [-0.1, -0.05) is 25.4 Å². The molecular weight excluding hydrogens is 234 g/mol. The molecule has 0 amide bonds. The van der Waals surface area contributed by atoms with E-state index in [9.17, 15) is 0 Å². The fourth-order valence-corrected chi connectivity index (χ4v) is 2.95. The van der Waals surface area contributed by atoms with Crippen LogP contribution in [-0.4, -0.2) is 20.2 Å². The first-order chi connectivity index (χ1) is 8.13. The number of ether oxygens (including phenoxy) is 1. The summed E-state index contributed by atoms with van der Waals surface area (Å²) in [6, 6.07) is 4.26. The average molecular weight is 254 g/mol. The van der Waals surface area contributed by atoms with E-state index < -0.39 is 0 Å². The summed E-state index contributed by atoms with van der Waals surface area (Å²) in [4.78, 5) is 0. The third-order valence-corrected chi connectivity index (χ3v) is 3.76. The smallest absolute Gasteiger partial charge is 0.124 e. The van der Waals surface area contributed by atoms with E-state index >= 15 is 0 Å². The van der Waals surface area contributed by atoms with Crippen LogP contribution < -0.4 is 10.1 Å².